The second kappa shape index (κ2) is 5.92. The lowest BCUT2D eigenvalue weighted by atomic mass is 10.5. The van der Waals surface area contributed by atoms with Crippen molar-refractivity contribution in [1.29, 1.82) is 0 Å². The fourth-order valence-electron chi connectivity index (χ4n) is 0.841. The predicted octanol–water partition coefficient (Wildman–Crippen LogP) is 2.53. The van der Waals surface area contributed by atoms with Crippen molar-refractivity contribution in [3.63, 3.8) is 0 Å². The molecule has 0 saturated carbocycles. The van der Waals surface area contributed by atoms with Crippen molar-refractivity contribution < 1.29 is 13.9 Å². The van der Waals surface area contributed by atoms with Gasteiger partial charge in [-0.25, -0.2) is 9.37 Å². The number of halogens is 2. The summed E-state index contributed by atoms with van der Waals surface area (Å²) in [6.07, 6.45) is 1.59. The number of thioether (sulfide) groups is 1. The van der Waals surface area contributed by atoms with Crippen LogP contribution in [0.25, 0.3) is 0 Å². The zero-order chi connectivity index (χ0) is 11.3. The van der Waals surface area contributed by atoms with Crippen LogP contribution in [0.15, 0.2) is 17.3 Å². The Morgan fingerprint density at radius 1 is 1.73 bits per heavy atom. The van der Waals surface area contributed by atoms with Crippen molar-refractivity contribution in [2.75, 3.05) is 12.9 Å². The van der Waals surface area contributed by atoms with E-state index in [1.807, 2.05) is 0 Å². The molecule has 0 N–H and O–H groups in total. The van der Waals surface area contributed by atoms with Gasteiger partial charge in [-0.15, -0.1) is 11.8 Å². The van der Waals surface area contributed by atoms with E-state index in [9.17, 15) is 9.18 Å². The van der Waals surface area contributed by atoms with Crippen LogP contribution in [-0.2, 0) is 9.53 Å². The standard InChI is InChI=1S/C9H9ClFNO2S/c1-14-8(13)2-3-15-9-7(11)4-6(10)5-12-9/h4-5H,2-3H2,1H3. The van der Waals surface area contributed by atoms with Crippen LogP contribution in [0.2, 0.25) is 5.02 Å². The number of rotatable bonds is 4. The summed E-state index contributed by atoms with van der Waals surface area (Å²) in [5, 5.41) is 0.494. The Hall–Kier alpha value is -0.810. The fraction of sp³-hybridized carbons (Fsp3) is 0.333. The summed E-state index contributed by atoms with van der Waals surface area (Å²) < 4.78 is 17.6. The molecule has 1 aromatic heterocycles. The Kier molecular flexibility index (Phi) is 4.84. The number of pyridine rings is 1. The Morgan fingerprint density at radius 2 is 2.47 bits per heavy atom. The van der Waals surface area contributed by atoms with Gasteiger partial charge in [0.2, 0.25) is 0 Å². The summed E-state index contributed by atoms with van der Waals surface area (Å²) in [6.45, 7) is 0. The van der Waals surface area contributed by atoms with Gasteiger partial charge in [0.1, 0.15) is 5.03 Å². The van der Waals surface area contributed by atoms with Gasteiger partial charge in [-0.1, -0.05) is 11.6 Å². The van der Waals surface area contributed by atoms with Crippen LogP contribution in [0.1, 0.15) is 6.42 Å². The summed E-state index contributed by atoms with van der Waals surface area (Å²) in [7, 11) is 1.31. The number of methoxy groups -OCH3 is 1. The van der Waals surface area contributed by atoms with Crippen molar-refractivity contribution in [2.24, 2.45) is 0 Å². The molecular weight excluding hydrogens is 241 g/mol. The molecule has 0 bridgehead atoms. The number of hydrogen-bond donors (Lipinski definition) is 0. The fourth-order valence-corrected chi connectivity index (χ4v) is 1.77. The molecule has 0 aliphatic carbocycles. The highest BCUT2D eigenvalue weighted by Crippen LogP contribution is 2.22. The Bertz CT molecular complexity index is 362. The molecule has 15 heavy (non-hydrogen) atoms. The van der Waals surface area contributed by atoms with Gasteiger partial charge in [-0.05, 0) is 6.07 Å². The van der Waals surface area contributed by atoms with Gasteiger partial charge in [0.15, 0.2) is 5.82 Å². The summed E-state index contributed by atoms with van der Waals surface area (Å²) >= 11 is 6.69. The Balaban J connectivity index is 2.47. The summed E-state index contributed by atoms with van der Waals surface area (Å²) in [5.41, 5.74) is 0. The van der Waals surface area contributed by atoms with Gasteiger partial charge in [0.05, 0.1) is 18.6 Å². The van der Waals surface area contributed by atoms with Gasteiger partial charge in [-0.2, -0.15) is 0 Å². The zero-order valence-electron chi connectivity index (χ0n) is 8.00. The monoisotopic (exact) mass is 249 g/mol. The smallest absolute Gasteiger partial charge is 0.306 e. The number of carbonyl (C=O) groups excluding carboxylic acids is 1. The zero-order valence-corrected chi connectivity index (χ0v) is 9.57. The molecule has 0 saturated heterocycles. The SMILES string of the molecule is COC(=O)CCSc1ncc(Cl)cc1F. The highest BCUT2D eigenvalue weighted by atomic mass is 35.5. The van der Waals surface area contributed by atoms with E-state index in [0.717, 1.165) is 11.8 Å². The molecule has 1 heterocycles. The van der Waals surface area contributed by atoms with Gasteiger partial charge < -0.3 is 4.74 Å². The number of aromatic nitrogens is 1. The topological polar surface area (TPSA) is 39.2 Å². The molecule has 3 nitrogen and oxygen atoms in total. The van der Waals surface area contributed by atoms with E-state index >= 15 is 0 Å². The minimum atomic E-state index is -0.475. The van der Waals surface area contributed by atoms with E-state index in [4.69, 9.17) is 11.6 Å². The lowest BCUT2D eigenvalue weighted by molar-refractivity contribution is -0.140. The first-order valence-corrected chi connectivity index (χ1v) is 5.50. The van der Waals surface area contributed by atoms with Crippen LogP contribution in [0.5, 0.6) is 0 Å². The van der Waals surface area contributed by atoms with Crippen molar-refractivity contribution in [2.45, 2.75) is 11.4 Å². The first kappa shape index (κ1) is 12.3. The number of ether oxygens (including phenoxy) is 1. The normalized spacial score (nSPS) is 10.1. The van der Waals surface area contributed by atoms with E-state index in [0.29, 0.717) is 5.75 Å². The Morgan fingerprint density at radius 3 is 3.07 bits per heavy atom. The van der Waals surface area contributed by atoms with Crippen molar-refractivity contribution in [1.82, 2.24) is 4.98 Å². The van der Waals surface area contributed by atoms with Crippen LogP contribution >= 0.6 is 23.4 Å². The molecule has 0 spiro atoms. The molecule has 1 rings (SSSR count). The molecule has 1 aromatic rings. The molecule has 0 amide bonds. The van der Waals surface area contributed by atoms with Gasteiger partial charge in [0, 0.05) is 11.9 Å². The molecule has 6 heteroatoms. The lowest BCUT2D eigenvalue weighted by Crippen LogP contribution is -2.01. The van der Waals surface area contributed by atoms with Crippen LogP contribution in [0.3, 0.4) is 0 Å². The molecule has 0 aliphatic rings. The lowest BCUT2D eigenvalue weighted by Gasteiger charge is -2.01. The van der Waals surface area contributed by atoms with Crippen LogP contribution in [0.4, 0.5) is 4.39 Å². The first-order chi connectivity index (χ1) is 7.13. The van der Waals surface area contributed by atoms with Gasteiger partial charge >= 0.3 is 5.97 Å². The third kappa shape index (κ3) is 4.05. The molecule has 0 unspecified atom stereocenters. The number of carbonyl (C=O) groups is 1. The van der Waals surface area contributed by atoms with E-state index < -0.39 is 5.82 Å². The molecule has 82 valence electrons. The van der Waals surface area contributed by atoms with E-state index in [1.54, 1.807) is 0 Å². The maximum Gasteiger partial charge on any atom is 0.306 e. The third-order valence-corrected chi connectivity index (χ3v) is 2.74. The molecule has 0 aromatic carbocycles. The minimum Gasteiger partial charge on any atom is -0.469 e. The predicted molar refractivity (Wildman–Crippen MR) is 56.6 cm³/mol. The summed E-state index contributed by atoms with van der Waals surface area (Å²) in [5.74, 6) is -0.368. The van der Waals surface area contributed by atoms with Crippen molar-refractivity contribution in [3.05, 3.63) is 23.1 Å². The van der Waals surface area contributed by atoms with E-state index in [-0.39, 0.29) is 22.4 Å². The maximum absolute atomic E-state index is 13.2. The summed E-state index contributed by atoms with van der Waals surface area (Å²) in [4.78, 5) is 14.6. The van der Waals surface area contributed by atoms with Gasteiger partial charge in [-0.3, -0.25) is 4.79 Å². The minimum absolute atomic E-state index is 0.227. The second-order valence-electron chi connectivity index (χ2n) is 2.62. The first-order valence-electron chi connectivity index (χ1n) is 4.14. The highest BCUT2D eigenvalue weighted by molar-refractivity contribution is 7.99. The molecule has 0 radical (unpaired) electrons. The van der Waals surface area contributed by atoms with Gasteiger partial charge in [0.25, 0.3) is 0 Å². The molecule has 0 aliphatic heterocycles. The summed E-state index contributed by atoms with van der Waals surface area (Å²) in [6, 6.07) is 1.19. The van der Waals surface area contributed by atoms with Crippen LogP contribution in [0, 0.1) is 5.82 Å². The number of hydrogen-bond acceptors (Lipinski definition) is 4. The average Bonchev–Trinajstić information content (AvgIpc) is 2.21. The molecule has 0 fully saturated rings. The molecule has 0 atom stereocenters. The average molecular weight is 250 g/mol. The number of esters is 1. The van der Waals surface area contributed by atoms with Crippen LogP contribution in [-0.4, -0.2) is 23.8 Å². The van der Waals surface area contributed by atoms with E-state index in [1.165, 1.54) is 19.4 Å². The Labute approximate surface area is 96.0 Å². The number of nitrogens with zero attached hydrogens (tertiary/aromatic N) is 1. The quantitative estimate of drug-likeness (QED) is 0.607. The van der Waals surface area contributed by atoms with Crippen molar-refractivity contribution >= 4 is 29.3 Å². The van der Waals surface area contributed by atoms with E-state index in [2.05, 4.69) is 9.72 Å². The van der Waals surface area contributed by atoms with Crippen LogP contribution < -0.4 is 0 Å². The maximum atomic E-state index is 13.2. The third-order valence-electron chi connectivity index (χ3n) is 1.55. The van der Waals surface area contributed by atoms with Crippen molar-refractivity contribution in [3.8, 4) is 0 Å². The molecular formula is C9H9ClFNO2S. The second-order valence-corrected chi connectivity index (χ2v) is 4.14. The highest BCUT2D eigenvalue weighted by Gasteiger charge is 2.07. The largest absolute Gasteiger partial charge is 0.469 e.